The molecule has 19 heavy (non-hydrogen) atoms. The summed E-state index contributed by atoms with van der Waals surface area (Å²) >= 11 is 9.43. The molecule has 0 bridgehead atoms. The third-order valence-corrected chi connectivity index (χ3v) is 3.61. The second-order valence-electron chi connectivity index (χ2n) is 4.19. The zero-order chi connectivity index (χ0) is 13.8. The SMILES string of the molecule is CNC(Cc1cc(F)cc(Br)c1)c1ncccc1Cl. The highest BCUT2D eigenvalue weighted by Gasteiger charge is 2.15. The van der Waals surface area contributed by atoms with Gasteiger partial charge in [-0.15, -0.1) is 0 Å². The number of likely N-dealkylation sites (N-methyl/N-ethyl adjacent to an activating group) is 1. The van der Waals surface area contributed by atoms with E-state index in [0.29, 0.717) is 11.4 Å². The summed E-state index contributed by atoms with van der Waals surface area (Å²) in [6, 6.07) is 8.39. The minimum atomic E-state index is -0.258. The fourth-order valence-corrected chi connectivity index (χ4v) is 2.72. The van der Waals surface area contributed by atoms with Crippen LogP contribution < -0.4 is 5.32 Å². The molecule has 0 amide bonds. The van der Waals surface area contributed by atoms with Crippen molar-refractivity contribution in [1.82, 2.24) is 10.3 Å². The van der Waals surface area contributed by atoms with Crippen LogP contribution in [-0.4, -0.2) is 12.0 Å². The molecule has 2 rings (SSSR count). The van der Waals surface area contributed by atoms with Crippen LogP contribution in [0.3, 0.4) is 0 Å². The number of benzene rings is 1. The average molecular weight is 344 g/mol. The van der Waals surface area contributed by atoms with Crippen molar-refractivity contribution in [1.29, 1.82) is 0 Å². The molecule has 0 spiro atoms. The molecule has 0 aliphatic heterocycles. The van der Waals surface area contributed by atoms with Gasteiger partial charge in [0, 0.05) is 10.7 Å². The number of hydrogen-bond donors (Lipinski definition) is 1. The summed E-state index contributed by atoms with van der Waals surface area (Å²) in [5.41, 5.74) is 1.65. The second-order valence-corrected chi connectivity index (χ2v) is 5.52. The number of rotatable bonds is 4. The molecule has 1 atom stereocenters. The third-order valence-electron chi connectivity index (χ3n) is 2.83. The molecule has 0 saturated heterocycles. The summed E-state index contributed by atoms with van der Waals surface area (Å²) in [7, 11) is 1.84. The van der Waals surface area contributed by atoms with Gasteiger partial charge in [0.2, 0.25) is 0 Å². The maximum atomic E-state index is 13.4. The molecule has 0 aliphatic rings. The van der Waals surface area contributed by atoms with Gasteiger partial charge in [0.25, 0.3) is 0 Å². The standard InChI is InChI=1S/C14H13BrClFN2/c1-18-13(14-12(16)3-2-4-19-14)7-9-5-10(15)8-11(17)6-9/h2-6,8,13,18H,7H2,1H3. The Bertz CT molecular complexity index is 557. The van der Waals surface area contributed by atoms with Gasteiger partial charge in [-0.3, -0.25) is 4.98 Å². The molecule has 0 radical (unpaired) electrons. The Kier molecular flexibility index (Phi) is 4.91. The molecule has 1 aromatic heterocycles. The van der Waals surface area contributed by atoms with Gasteiger partial charge in [-0.05, 0) is 49.4 Å². The average Bonchev–Trinajstić information content (AvgIpc) is 2.36. The highest BCUT2D eigenvalue weighted by atomic mass is 79.9. The van der Waals surface area contributed by atoms with E-state index in [-0.39, 0.29) is 11.9 Å². The van der Waals surface area contributed by atoms with Crippen molar-refractivity contribution in [2.45, 2.75) is 12.5 Å². The van der Waals surface area contributed by atoms with Crippen LogP contribution in [0.15, 0.2) is 41.0 Å². The lowest BCUT2D eigenvalue weighted by Crippen LogP contribution is -2.20. The largest absolute Gasteiger partial charge is 0.311 e. The van der Waals surface area contributed by atoms with E-state index in [2.05, 4.69) is 26.2 Å². The smallest absolute Gasteiger partial charge is 0.124 e. The van der Waals surface area contributed by atoms with Crippen LogP contribution in [0.5, 0.6) is 0 Å². The van der Waals surface area contributed by atoms with E-state index in [1.165, 1.54) is 12.1 Å². The van der Waals surface area contributed by atoms with Crippen LogP contribution in [0.25, 0.3) is 0 Å². The van der Waals surface area contributed by atoms with E-state index in [1.54, 1.807) is 18.3 Å². The predicted octanol–water partition coefficient (Wildman–Crippen LogP) is 4.14. The molecule has 100 valence electrons. The van der Waals surface area contributed by atoms with Crippen molar-refractivity contribution < 1.29 is 4.39 Å². The summed E-state index contributed by atoms with van der Waals surface area (Å²) in [6.45, 7) is 0. The Hall–Kier alpha value is -0.970. The zero-order valence-corrected chi connectivity index (χ0v) is 12.7. The summed E-state index contributed by atoms with van der Waals surface area (Å²) in [5, 5.41) is 3.77. The number of pyridine rings is 1. The van der Waals surface area contributed by atoms with Crippen LogP contribution in [0, 0.1) is 5.82 Å². The Labute approximate surface area is 125 Å². The van der Waals surface area contributed by atoms with Crippen molar-refractivity contribution in [2.24, 2.45) is 0 Å². The molecule has 5 heteroatoms. The summed E-state index contributed by atoms with van der Waals surface area (Å²) in [4.78, 5) is 4.29. The number of nitrogens with zero attached hydrogens (tertiary/aromatic N) is 1. The fourth-order valence-electron chi connectivity index (χ4n) is 1.95. The van der Waals surface area contributed by atoms with E-state index in [1.807, 2.05) is 13.1 Å². The Balaban J connectivity index is 2.26. The summed E-state index contributed by atoms with van der Waals surface area (Å²) in [6.07, 6.45) is 2.32. The first-order valence-corrected chi connectivity index (χ1v) is 7.00. The van der Waals surface area contributed by atoms with Gasteiger partial charge < -0.3 is 5.32 Å². The first-order valence-electron chi connectivity index (χ1n) is 5.83. The second kappa shape index (κ2) is 6.46. The maximum Gasteiger partial charge on any atom is 0.124 e. The minimum absolute atomic E-state index is 0.0533. The van der Waals surface area contributed by atoms with Crippen molar-refractivity contribution in [3.63, 3.8) is 0 Å². The monoisotopic (exact) mass is 342 g/mol. The number of aromatic nitrogens is 1. The topological polar surface area (TPSA) is 24.9 Å². The van der Waals surface area contributed by atoms with E-state index in [9.17, 15) is 4.39 Å². The van der Waals surface area contributed by atoms with E-state index < -0.39 is 0 Å². The first-order chi connectivity index (χ1) is 9.10. The molecule has 1 N–H and O–H groups in total. The van der Waals surface area contributed by atoms with E-state index in [0.717, 1.165) is 15.7 Å². The Morgan fingerprint density at radius 2 is 2.21 bits per heavy atom. The number of halogens is 3. The van der Waals surface area contributed by atoms with Gasteiger partial charge in [-0.1, -0.05) is 27.5 Å². The van der Waals surface area contributed by atoms with Crippen molar-refractivity contribution >= 4 is 27.5 Å². The van der Waals surface area contributed by atoms with Gasteiger partial charge in [-0.25, -0.2) is 4.39 Å². The van der Waals surface area contributed by atoms with Crippen LogP contribution in [0.4, 0.5) is 4.39 Å². The first kappa shape index (κ1) is 14.4. The number of nitrogens with one attached hydrogen (secondary N) is 1. The van der Waals surface area contributed by atoms with Gasteiger partial charge in [0.05, 0.1) is 16.8 Å². The van der Waals surface area contributed by atoms with Crippen LogP contribution in [0.2, 0.25) is 5.02 Å². The molecular weight excluding hydrogens is 331 g/mol. The highest BCUT2D eigenvalue weighted by molar-refractivity contribution is 9.10. The zero-order valence-electron chi connectivity index (χ0n) is 10.3. The Morgan fingerprint density at radius 3 is 2.84 bits per heavy atom. The van der Waals surface area contributed by atoms with E-state index in [4.69, 9.17) is 11.6 Å². The van der Waals surface area contributed by atoms with Gasteiger partial charge in [0.15, 0.2) is 0 Å². The van der Waals surface area contributed by atoms with Gasteiger partial charge >= 0.3 is 0 Å². The highest BCUT2D eigenvalue weighted by Crippen LogP contribution is 2.25. The minimum Gasteiger partial charge on any atom is -0.311 e. The van der Waals surface area contributed by atoms with Crippen LogP contribution in [0.1, 0.15) is 17.3 Å². The summed E-state index contributed by atoms with van der Waals surface area (Å²) in [5.74, 6) is -0.258. The van der Waals surface area contributed by atoms with Crippen molar-refractivity contribution in [2.75, 3.05) is 7.05 Å². The van der Waals surface area contributed by atoms with Crippen molar-refractivity contribution in [3.8, 4) is 0 Å². The predicted molar refractivity (Wildman–Crippen MR) is 78.9 cm³/mol. The summed E-state index contributed by atoms with van der Waals surface area (Å²) < 4.78 is 14.1. The van der Waals surface area contributed by atoms with E-state index >= 15 is 0 Å². The molecule has 1 unspecified atom stereocenters. The van der Waals surface area contributed by atoms with Crippen molar-refractivity contribution in [3.05, 3.63) is 63.1 Å². The molecule has 2 nitrogen and oxygen atoms in total. The molecule has 1 aromatic carbocycles. The third kappa shape index (κ3) is 3.75. The maximum absolute atomic E-state index is 13.4. The van der Waals surface area contributed by atoms with Gasteiger partial charge in [0.1, 0.15) is 5.82 Å². The quantitative estimate of drug-likeness (QED) is 0.902. The number of hydrogen-bond acceptors (Lipinski definition) is 2. The molecular formula is C14H13BrClFN2. The molecule has 0 aliphatic carbocycles. The Morgan fingerprint density at radius 1 is 1.42 bits per heavy atom. The lowest BCUT2D eigenvalue weighted by Gasteiger charge is -2.17. The molecule has 2 aromatic rings. The lowest BCUT2D eigenvalue weighted by atomic mass is 10.0. The molecule has 0 fully saturated rings. The fraction of sp³-hybridized carbons (Fsp3) is 0.214. The molecule has 0 saturated carbocycles. The molecule has 1 heterocycles. The van der Waals surface area contributed by atoms with Gasteiger partial charge in [-0.2, -0.15) is 0 Å². The van der Waals surface area contributed by atoms with Crippen LogP contribution >= 0.6 is 27.5 Å². The normalized spacial score (nSPS) is 12.4. The van der Waals surface area contributed by atoms with Crippen LogP contribution in [-0.2, 0) is 6.42 Å². The lowest BCUT2D eigenvalue weighted by molar-refractivity contribution is 0.570.